The van der Waals surface area contributed by atoms with E-state index in [2.05, 4.69) is 4.90 Å². The van der Waals surface area contributed by atoms with Gasteiger partial charge in [0, 0.05) is 25.2 Å². The maximum Gasteiger partial charge on any atom is 0.0541 e. The molecule has 3 N–H and O–H groups in total. The first-order chi connectivity index (χ1) is 5.75. The highest BCUT2D eigenvalue weighted by Gasteiger charge is 2.31. The minimum Gasteiger partial charge on any atom is -0.393 e. The van der Waals surface area contributed by atoms with Crippen LogP contribution in [-0.2, 0) is 0 Å². The minimum atomic E-state index is -0.0313. The van der Waals surface area contributed by atoms with Gasteiger partial charge in [0.1, 0.15) is 0 Å². The van der Waals surface area contributed by atoms with Crippen molar-refractivity contribution in [3.63, 3.8) is 0 Å². The number of rotatable bonds is 1. The molecule has 0 unspecified atom stereocenters. The van der Waals surface area contributed by atoms with Crippen molar-refractivity contribution in [3.05, 3.63) is 0 Å². The first-order valence-corrected chi connectivity index (χ1v) is 4.93. The number of likely N-dealkylation sites (tertiary alicyclic amines) is 1. The summed E-state index contributed by atoms with van der Waals surface area (Å²) in [6, 6.07) is 1.13. The minimum absolute atomic E-state index is 0.0313. The molecule has 70 valence electrons. The summed E-state index contributed by atoms with van der Waals surface area (Å²) in [6.45, 7) is 2.14. The summed E-state index contributed by atoms with van der Waals surface area (Å²) in [5.41, 5.74) is 5.71. The van der Waals surface area contributed by atoms with Gasteiger partial charge in [0.15, 0.2) is 0 Å². The molecule has 0 aromatic rings. The van der Waals surface area contributed by atoms with E-state index in [0.29, 0.717) is 12.1 Å². The SMILES string of the molecule is NC1CN(C2CCC(O)CC2)C1. The summed E-state index contributed by atoms with van der Waals surface area (Å²) < 4.78 is 0. The molecule has 1 saturated carbocycles. The van der Waals surface area contributed by atoms with E-state index in [4.69, 9.17) is 5.73 Å². The zero-order valence-electron chi connectivity index (χ0n) is 7.45. The molecule has 0 aromatic carbocycles. The molecule has 2 aliphatic rings. The van der Waals surface area contributed by atoms with E-state index >= 15 is 0 Å². The number of nitrogens with two attached hydrogens (primary N) is 1. The molecule has 0 radical (unpaired) electrons. The summed E-state index contributed by atoms with van der Waals surface area (Å²) in [7, 11) is 0. The van der Waals surface area contributed by atoms with Gasteiger partial charge in [-0.15, -0.1) is 0 Å². The van der Waals surface area contributed by atoms with E-state index in [1.807, 2.05) is 0 Å². The highest BCUT2D eigenvalue weighted by atomic mass is 16.3. The van der Waals surface area contributed by atoms with Gasteiger partial charge in [0.2, 0.25) is 0 Å². The van der Waals surface area contributed by atoms with Gasteiger partial charge in [-0.1, -0.05) is 0 Å². The van der Waals surface area contributed by atoms with Crippen LogP contribution in [-0.4, -0.2) is 41.3 Å². The maximum absolute atomic E-state index is 9.31. The van der Waals surface area contributed by atoms with Crippen molar-refractivity contribution in [1.82, 2.24) is 4.90 Å². The standard InChI is InChI=1S/C9H18N2O/c10-7-5-11(6-7)8-1-3-9(12)4-2-8/h7-9,12H,1-6,10H2. The first kappa shape index (κ1) is 8.48. The molecule has 0 amide bonds. The lowest BCUT2D eigenvalue weighted by atomic mass is 9.90. The zero-order chi connectivity index (χ0) is 8.55. The van der Waals surface area contributed by atoms with Crippen LogP contribution in [0.2, 0.25) is 0 Å². The highest BCUT2D eigenvalue weighted by Crippen LogP contribution is 2.25. The van der Waals surface area contributed by atoms with Crippen LogP contribution in [0.15, 0.2) is 0 Å². The van der Waals surface area contributed by atoms with Crippen molar-refractivity contribution in [2.45, 2.75) is 43.9 Å². The van der Waals surface area contributed by atoms with Crippen LogP contribution in [0.3, 0.4) is 0 Å². The lowest BCUT2D eigenvalue weighted by Gasteiger charge is -2.44. The average Bonchev–Trinajstić information content (AvgIpc) is 2.01. The molecular formula is C9H18N2O. The molecule has 3 heteroatoms. The van der Waals surface area contributed by atoms with Crippen LogP contribution in [0.25, 0.3) is 0 Å². The second-order valence-electron chi connectivity index (χ2n) is 4.18. The third-order valence-electron chi connectivity index (χ3n) is 3.12. The normalized spacial score (nSPS) is 39.5. The lowest BCUT2D eigenvalue weighted by molar-refractivity contribution is 0.0340. The van der Waals surface area contributed by atoms with E-state index in [9.17, 15) is 5.11 Å². The maximum atomic E-state index is 9.31. The highest BCUT2D eigenvalue weighted by molar-refractivity contribution is 4.90. The van der Waals surface area contributed by atoms with E-state index < -0.39 is 0 Å². The van der Waals surface area contributed by atoms with E-state index in [1.165, 1.54) is 0 Å². The molecular weight excluding hydrogens is 152 g/mol. The van der Waals surface area contributed by atoms with Gasteiger partial charge >= 0.3 is 0 Å². The van der Waals surface area contributed by atoms with Crippen molar-refractivity contribution >= 4 is 0 Å². The molecule has 0 bridgehead atoms. The van der Waals surface area contributed by atoms with Gasteiger partial charge in [-0.3, -0.25) is 4.90 Å². The molecule has 1 aliphatic carbocycles. The molecule has 3 nitrogen and oxygen atoms in total. The van der Waals surface area contributed by atoms with E-state index in [1.54, 1.807) is 0 Å². The summed E-state index contributed by atoms with van der Waals surface area (Å²) >= 11 is 0. The number of aliphatic hydroxyl groups is 1. The zero-order valence-corrected chi connectivity index (χ0v) is 7.45. The molecule has 12 heavy (non-hydrogen) atoms. The fourth-order valence-corrected chi connectivity index (χ4v) is 2.27. The number of hydrogen-bond donors (Lipinski definition) is 2. The number of hydrogen-bond acceptors (Lipinski definition) is 3. The van der Waals surface area contributed by atoms with Crippen LogP contribution >= 0.6 is 0 Å². The van der Waals surface area contributed by atoms with E-state index in [-0.39, 0.29) is 6.10 Å². The Morgan fingerprint density at radius 3 is 2.17 bits per heavy atom. The molecule has 1 aliphatic heterocycles. The van der Waals surface area contributed by atoms with Crippen LogP contribution in [0.5, 0.6) is 0 Å². The number of aliphatic hydroxyl groups excluding tert-OH is 1. The van der Waals surface area contributed by atoms with Crippen LogP contribution in [0.1, 0.15) is 25.7 Å². The van der Waals surface area contributed by atoms with Crippen molar-refractivity contribution in [3.8, 4) is 0 Å². The Hall–Kier alpha value is -0.120. The quantitative estimate of drug-likeness (QED) is 0.579. The molecule has 1 heterocycles. The lowest BCUT2D eigenvalue weighted by Crippen LogP contribution is -2.59. The topological polar surface area (TPSA) is 49.5 Å². The molecule has 0 aromatic heterocycles. The third kappa shape index (κ3) is 1.63. The van der Waals surface area contributed by atoms with Gasteiger partial charge in [0.25, 0.3) is 0 Å². The summed E-state index contributed by atoms with van der Waals surface area (Å²) in [4.78, 5) is 2.45. The predicted molar refractivity (Wildman–Crippen MR) is 47.8 cm³/mol. The van der Waals surface area contributed by atoms with E-state index in [0.717, 1.165) is 38.8 Å². The van der Waals surface area contributed by atoms with Crippen LogP contribution in [0.4, 0.5) is 0 Å². The van der Waals surface area contributed by atoms with Crippen molar-refractivity contribution < 1.29 is 5.11 Å². The summed E-state index contributed by atoms with van der Waals surface area (Å²) in [5.74, 6) is 0. The second kappa shape index (κ2) is 3.32. The third-order valence-corrected chi connectivity index (χ3v) is 3.12. The van der Waals surface area contributed by atoms with Gasteiger partial charge < -0.3 is 10.8 Å². The Balaban J connectivity index is 1.75. The fourth-order valence-electron chi connectivity index (χ4n) is 2.27. The van der Waals surface area contributed by atoms with Crippen molar-refractivity contribution in [2.24, 2.45) is 5.73 Å². The first-order valence-electron chi connectivity index (χ1n) is 4.93. The van der Waals surface area contributed by atoms with Gasteiger partial charge in [0.05, 0.1) is 6.10 Å². The average molecular weight is 170 g/mol. The Morgan fingerprint density at radius 2 is 1.67 bits per heavy atom. The van der Waals surface area contributed by atoms with Crippen LogP contribution in [0, 0.1) is 0 Å². The predicted octanol–water partition coefficient (Wildman–Crippen LogP) is -0.0672. The van der Waals surface area contributed by atoms with Gasteiger partial charge in [-0.25, -0.2) is 0 Å². The Morgan fingerprint density at radius 1 is 1.08 bits per heavy atom. The largest absolute Gasteiger partial charge is 0.393 e. The molecule has 1 saturated heterocycles. The van der Waals surface area contributed by atoms with Crippen LogP contribution < -0.4 is 5.73 Å². The van der Waals surface area contributed by atoms with Crippen molar-refractivity contribution in [2.75, 3.05) is 13.1 Å². The fraction of sp³-hybridized carbons (Fsp3) is 1.00. The number of nitrogens with zero attached hydrogens (tertiary/aromatic N) is 1. The molecule has 0 spiro atoms. The molecule has 2 rings (SSSR count). The second-order valence-corrected chi connectivity index (χ2v) is 4.18. The Kier molecular flexibility index (Phi) is 2.35. The molecule has 2 fully saturated rings. The summed E-state index contributed by atoms with van der Waals surface area (Å²) in [6.07, 6.45) is 4.25. The Labute approximate surface area is 73.5 Å². The summed E-state index contributed by atoms with van der Waals surface area (Å²) in [5, 5.41) is 9.31. The van der Waals surface area contributed by atoms with Crippen molar-refractivity contribution in [1.29, 1.82) is 0 Å². The Bertz CT molecular complexity index is 149. The monoisotopic (exact) mass is 170 g/mol. The van der Waals surface area contributed by atoms with Gasteiger partial charge in [-0.05, 0) is 25.7 Å². The smallest absolute Gasteiger partial charge is 0.0541 e. The molecule has 0 atom stereocenters. The van der Waals surface area contributed by atoms with Gasteiger partial charge in [-0.2, -0.15) is 0 Å².